The third-order valence-corrected chi connectivity index (χ3v) is 4.63. The average molecular weight is 399 g/mol. The van der Waals surface area contributed by atoms with Crippen molar-refractivity contribution in [1.29, 1.82) is 0 Å². The minimum Gasteiger partial charge on any atom is -0.486 e. The van der Waals surface area contributed by atoms with E-state index in [1.165, 1.54) is 0 Å². The Morgan fingerprint density at radius 1 is 1.16 bits per heavy atom. The van der Waals surface area contributed by atoms with Crippen LogP contribution in [-0.2, 0) is 0 Å². The number of hydrogen-bond donors (Lipinski definition) is 1. The zero-order valence-corrected chi connectivity index (χ0v) is 15.1. The van der Waals surface area contributed by atoms with Crippen LogP contribution in [0.3, 0.4) is 0 Å². The molecular weight excluding hydrogens is 384 g/mol. The monoisotopic (exact) mass is 398 g/mol. The van der Waals surface area contributed by atoms with Gasteiger partial charge in [-0.25, -0.2) is 0 Å². The van der Waals surface area contributed by atoms with E-state index < -0.39 is 0 Å². The van der Waals surface area contributed by atoms with Gasteiger partial charge in [0.2, 0.25) is 0 Å². The molecule has 2 heterocycles. The molecule has 126 valence electrons. The highest BCUT2D eigenvalue weighted by molar-refractivity contribution is 9.10. The molecular formula is C19H15BrN2O3. The number of nitrogens with zero attached hydrogens (tertiary/aromatic N) is 1. The van der Waals surface area contributed by atoms with Crippen LogP contribution < -0.4 is 14.8 Å². The maximum absolute atomic E-state index is 12.8. The lowest BCUT2D eigenvalue weighted by Gasteiger charge is -2.19. The largest absolute Gasteiger partial charge is 0.486 e. The Morgan fingerprint density at radius 2 is 1.92 bits per heavy atom. The van der Waals surface area contributed by atoms with Crippen LogP contribution in [0.1, 0.15) is 15.9 Å². The fourth-order valence-electron chi connectivity index (χ4n) is 2.87. The summed E-state index contributed by atoms with van der Waals surface area (Å²) in [6.07, 6.45) is 1.72. The van der Waals surface area contributed by atoms with Crippen molar-refractivity contribution in [3.63, 3.8) is 0 Å². The lowest BCUT2D eigenvalue weighted by molar-refractivity contribution is 0.102. The van der Waals surface area contributed by atoms with Crippen molar-refractivity contribution in [3.8, 4) is 11.5 Å². The van der Waals surface area contributed by atoms with E-state index >= 15 is 0 Å². The summed E-state index contributed by atoms with van der Waals surface area (Å²) in [6, 6.07) is 11.3. The first kappa shape index (κ1) is 15.9. The first-order valence-corrected chi connectivity index (χ1v) is 8.67. The third kappa shape index (κ3) is 3.05. The fraction of sp³-hybridized carbons (Fsp3) is 0.158. The molecule has 0 unspecified atom stereocenters. The molecule has 0 saturated heterocycles. The van der Waals surface area contributed by atoms with Gasteiger partial charge in [0.1, 0.15) is 13.2 Å². The molecule has 3 aromatic rings. The second-order valence-corrected chi connectivity index (χ2v) is 6.67. The van der Waals surface area contributed by atoms with Crippen LogP contribution in [-0.4, -0.2) is 24.1 Å². The third-order valence-electron chi connectivity index (χ3n) is 3.97. The Kier molecular flexibility index (Phi) is 4.05. The number of aryl methyl sites for hydroxylation is 1. The number of fused-ring (bicyclic) bond motifs is 2. The number of carbonyl (C=O) groups excluding carboxylic acids is 1. The van der Waals surface area contributed by atoms with Crippen molar-refractivity contribution in [2.75, 3.05) is 18.5 Å². The molecule has 25 heavy (non-hydrogen) atoms. The summed E-state index contributed by atoms with van der Waals surface area (Å²) >= 11 is 3.44. The van der Waals surface area contributed by atoms with Crippen molar-refractivity contribution < 1.29 is 14.3 Å². The van der Waals surface area contributed by atoms with Crippen molar-refractivity contribution >= 4 is 38.4 Å². The summed E-state index contributed by atoms with van der Waals surface area (Å²) in [5.41, 5.74) is 2.98. The van der Waals surface area contributed by atoms with Crippen molar-refractivity contribution in [3.05, 3.63) is 58.2 Å². The number of ether oxygens (including phenoxy) is 2. The number of benzene rings is 2. The smallest absolute Gasteiger partial charge is 0.257 e. The zero-order valence-electron chi connectivity index (χ0n) is 13.5. The number of amides is 1. The molecule has 0 saturated carbocycles. The molecule has 1 N–H and O–H groups in total. The molecule has 0 aliphatic carbocycles. The van der Waals surface area contributed by atoms with Crippen molar-refractivity contribution in [2.45, 2.75) is 6.92 Å². The lowest BCUT2D eigenvalue weighted by atomic mass is 10.1. The summed E-state index contributed by atoms with van der Waals surface area (Å²) in [7, 11) is 0. The number of halogens is 1. The van der Waals surface area contributed by atoms with E-state index in [9.17, 15) is 4.79 Å². The molecule has 1 aliphatic rings. The minimum absolute atomic E-state index is 0.235. The number of aromatic nitrogens is 1. The second kappa shape index (κ2) is 6.37. The molecule has 0 radical (unpaired) electrons. The molecule has 2 aromatic carbocycles. The van der Waals surface area contributed by atoms with Gasteiger partial charge in [-0.1, -0.05) is 6.07 Å². The van der Waals surface area contributed by atoms with Crippen LogP contribution in [0.2, 0.25) is 0 Å². The predicted octanol–water partition coefficient (Wildman–Crippen LogP) is 4.33. The van der Waals surface area contributed by atoms with Gasteiger partial charge < -0.3 is 14.8 Å². The molecule has 4 rings (SSSR count). The van der Waals surface area contributed by atoms with E-state index in [1.54, 1.807) is 18.3 Å². The summed E-state index contributed by atoms with van der Waals surface area (Å²) in [5.74, 6) is 0.977. The number of carbonyl (C=O) groups is 1. The van der Waals surface area contributed by atoms with Crippen LogP contribution in [0.15, 0.2) is 47.1 Å². The normalized spacial score (nSPS) is 12.9. The van der Waals surface area contributed by atoms with Gasteiger partial charge in [0, 0.05) is 16.1 Å². The SMILES string of the molecule is Cc1cc(NC(=O)c2cc3c(cc2Br)OCCO3)c2ncccc2c1. The van der Waals surface area contributed by atoms with Crippen molar-refractivity contribution in [1.82, 2.24) is 4.98 Å². The van der Waals surface area contributed by atoms with Gasteiger partial charge in [0.25, 0.3) is 5.91 Å². The summed E-state index contributed by atoms with van der Waals surface area (Å²) in [5, 5.41) is 3.95. The number of pyridine rings is 1. The first-order valence-electron chi connectivity index (χ1n) is 7.88. The molecule has 0 atom stereocenters. The topological polar surface area (TPSA) is 60.5 Å². The average Bonchev–Trinajstić information content (AvgIpc) is 2.61. The summed E-state index contributed by atoms with van der Waals surface area (Å²) < 4.78 is 11.8. The number of rotatable bonds is 2. The Labute approximate surface area is 153 Å². The second-order valence-electron chi connectivity index (χ2n) is 5.82. The lowest BCUT2D eigenvalue weighted by Crippen LogP contribution is -2.18. The van der Waals surface area contributed by atoms with E-state index in [0.717, 1.165) is 16.5 Å². The van der Waals surface area contributed by atoms with Gasteiger partial charge in [-0.05, 0) is 58.7 Å². The van der Waals surface area contributed by atoms with Gasteiger partial charge in [0.05, 0.1) is 16.8 Å². The van der Waals surface area contributed by atoms with E-state index in [2.05, 4.69) is 26.2 Å². The van der Waals surface area contributed by atoms with Crippen LogP contribution >= 0.6 is 15.9 Å². The molecule has 1 aromatic heterocycles. The van der Waals surface area contributed by atoms with Gasteiger partial charge in [-0.15, -0.1) is 0 Å². The predicted molar refractivity (Wildman–Crippen MR) is 99.6 cm³/mol. The summed E-state index contributed by atoms with van der Waals surface area (Å²) in [4.78, 5) is 17.2. The van der Waals surface area contributed by atoms with Crippen molar-refractivity contribution in [2.24, 2.45) is 0 Å². The maximum atomic E-state index is 12.8. The quantitative estimate of drug-likeness (QED) is 0.697. The zero-order chi connectivity index (χ0) is 17.4. The standard InChI is InChI=1S/C19H15BrN2O3/c1-11-7-12-3-2-4-21-18(12)15(8-11)22-19(23)13-9-16-17(10-14(13)20)25-6-5-24-16/h2-4,7-10H,5-6H2,1H3,(H,22,23). The van der Waals surface area contributed by atoms with Crippen LogP contribution in [0.5, 0.6) is 11.5 Å². The molecule has 6 heteroatoms. The van der Waals surface area contributed by atoms with E-state index in [0.29, 0.717) is 40.4 Å². The van der Waals surface area contributed by atoms with Gasteiger partial charge in [0.15, 0.2) is 11.5 Å². The highest BCUT2D eigenvalue weighted by Crippen LogP contribution is 2.36. The Balaban J connectivity index is 1.71. The van der Waals surface area contributed by atoms with Crippen LogP contribution in [0.25, 0.3) is 10.9 Å². The van der Waals surface area contributed by atoms with E-state index in [-0.39, 0.29) is 5.91 Å². The molecule has 1 aliphatic heterocycles. The van der Waals surface area contributed by atoms with Gasteiger partial charge >= 0.3 is 0 Å². The summed E-state index contributed by atoms with van der Waals surface area (Å²) in [6.45, 7) is 2.97. The number of hydrogen-bond acceptors (Lipinski definition) is 4. The Hall–Kier alpha value is -2.60. The molecule has 0 bridgehead atoms. The highest BCUT2D eigenvalue weighted by atomic mass is 79.9. The van der Waals surface area contributed by atoms with Gasteiger partial charge in [-0.2, -0.15) is 0 Å². The molecule has 0 spiro atoms. The highest BCUT2D eigenvalue weighted by Gasteiger charge is 2.19. The maximum Gasteiger partial charge on any atom is 0.257 e. The first-order chi connectivity index (χ1) is 12.1. The van der Waals surface area contributed by atoms with E-state index in [4.69, 9.17) is 9.47 Å². The fourth-order valence-corrected chi connectivity index (χ4v) is 3.37. The molecule has 1 amide bonds. The molecule has 5 nitrogen and oxygen atoms in total. The number of anilines is 1. The van der Waals surface area contributed by atoms with E-state index in [1.807, 2.05) is 31.2 Å². The number of nitrogens with one attached hydrogen (secondary N) is 1. The molecule has 0 fully saturated rings. The Bertz CT molecular complexity index is 988. The minimum atomic E-state index is -0.235. The Morgan fingerprint density at radius 3 is 2.72 bits per heavy atom. The van der Waals surface area contributed by atoms with Crippen LogP contribution in [0, 0.1) is 6.92 Å². The van der Waals surface area contributed by atoms with Gasteiger partial charge in [-0.3, -0.25) is 9.78 Å². The van der Waals surface area contributed by atoms with Crippen LogP contribution in [0.4, 0.5) is 5.69 Å².